The van der Waals surface area contributed by atoms with Gasteiger partial charge in [0.1, 0.15) is 0 Å². The largest absolute Gasteiger partial charge is 0.226 e. The quantitative estimate of drug-likeness (QED) is 0.656. The van der Waals surface area contributed by atoms with Crippen LogP contribution >= 0.6 is 24.2 Å². The topological polar surface area (TPSA) is 43.1 Å². The zero-order chi connectivity index (χ0) is 10.3. The minimum atomic E-state index is 0.768. The third-order valence-electron chi connectivity index (χ3n) is 2.04. The fourth-order valence-electron chi connectivity index (χ4n) is 1.34. The maximum atomic E-state index is 4.47. The number of thiol groups is 1. The molecule has 0 spiro atoms. The Morgan fingerprint density at radius 3 is 3.07 bits per heavy atom. The van der Waals surface area contributed by atoms with Crippen molar-refractivity contribution in [1.29, 1.82) is 0 Å². The van der Waals surface area contributed by atoms with Crippen LogP contribution in [0.3, 0.4) is 0 Å². The smallest absolute Gasteiger partial charge is 0.168 e. The second kappa shape index (κ2) is 3.32. The maximum Gasteiger partial charge on any atom is 0.168 e. The molecular formula is C9H6N4S2. The third-order valence-corrected chi connectivity index (χ3v) is 3.13. The van der Waals surface area contributed by atoms with Gasteiger partial charge in [-0.1, -0.05) is 0 Å². The Labute approximate surface area is 95.2 Å². The summed E-state index contributed by atoms with van der Waals surface area (Å²) in [5.41, 5.74) is 1.67. The first-order chi connectivity index (χ1) is 7.34. The summed E-state index contributed by atoms with van der Waals surface area (Å²) in [4.78, 5) is 6.30. The highest BCUT2D eigenvalue weighted by atomic mass is 32.1. The summed E-state index contributed by atoms with van der Waals surface area (Å²) in [5, 5.41) is 4.11. The van der Waals surface area contributed by atoms with E-state index in [0.29, 0.717) is 0 Å². The van der Waals surface area contributed by atoms with E-state index in [0.717, 1.165) is 21.1 Å². The number of rotatable bonds is 1. The van der Waals surface area contributed by atoms with Crippen molar-refractivity contribution < 1.29 is 0 Å². The molecule has 3 rings (SSSR count). The fraction of sp³-hybridized carbons (Fsp3) is 0. The number of aromatic nitrogens is 4. The molecule has 0 saturated heterocycles. The Morgan fingerprint density at radius 1 is 1.33 bits per heavy atom. The minimum Gasteiger partial charge on any atom is -0.226 e. The van der Waals surface area contributed by atoms with Gasteiger partial charge in [-0.15, -0.1) is 12.6 Å². The van der Waals surface area contributed by atoms with E-state index in [4.69, 9.17) is 0 Å². The molecule has 0 bridgehead atoms. The van der Waals surface area contributed by atoms with E-state index in [2.05, 4.69) is 27.1 Å². The molecular weight excluding hydrogens is 228 g/mol. The van der Waals surface area contributed by atoms with E-state index in [1.807, 2.05) is 18.3 Å². The highest BCUT2D eigenvalue weighted by Gasteiger charge is 2.05. The van der Waals surface area contributed by atoms with Crippen molar-refractivity contribution in [3.63, 3.8) is 0 Å². The van der Waals surface area contributed by atoms with Crippen LogP contribution in [0, 0.1) is 0 Å². The summed E-state index contributed by atoms with van der Waals surface area (Å²) in [5.74, 6) is 0. The predicted molar refractivity (Wildman–Crippen MR) is 61.3 cm³/mol. The van der Waals surface area contributed by atoms with Gasteiger partial charge in [-0.2, -0.15) is 5.10 Å². The second-order valence-electron chi connectivity index (χ2n) is 2.99. The molecule has 0 N–H and O–H groups in total. The predicted octanol–water partition coefficient (Wildman–Crippen LogP) is 2.14. The molecule has 3 aromatic rings. The summed E-state index contributed by atoms with van der Waals surface area (Å²) in [7, 11) is 0. The molecule has 0 amide bonds. The van der Waals surface area contributed by atoms with Gasteiger partial charge in [0, 0.05) is 12.4 Å². The monoisotopic (exact) mass is 234 g/mol. The van der Waals surface area contributed by atoms with Gasteiger partial charge in [0.25, 0.3) is 0 Å². The highest BCUT2D eigenvalue weighted by molar-refractivity contribution is 7.80. The number of nitrogens with zero attached hydrogens (tertiary/aromatic N) is 4. The minimum absolute atomic E-state index is 0.768. The van der Waals surface area contributed by atoms with E-state index >= 15 is 0 Å². The number of hydrogen-bond acceptors (Lipinski definition) is 5. The molecule has 0 fully saturated rings. The van der Waals surface area contributed by atoms with E-state index in [1.54, 1.807) is 16.9 Å². The Morgan fingerprint density at radius 2 is 2.27 bits per heavy atom. The second-order valence-corrected chi connectivity index (χ2v) is 4.30. The maximum absolute atomic E-state index is 4.47. The molecule has 74 valence electrons. The Kier molecular flexibility index (Phi) is 1.96. The Hall–Kier alpha value is -1.40. The zero-order valence-corrected chi connectivity index (χ0v) is 9.24. The van der Waals surface area contributed by atoms with E-state index in [-0.39, 0.29) is 0 Å². The van der Waals surface area contributed by atoms with Crippen molar-refractivity contribution in [2.45, 2.75) is 4.90 Å². The van der Waals surface area contributed by atoms with Crippen LogP contribution in [-0.2, 0) is 0 Å². The van der Waals surface area contributed by atoms with Gasteiger partial charge in [-0.05, 0) is 23.7 Å². The van der Waals surface area contributed by atoms with E-state index < -0.39 is 0 Å². The molecule has 0 aromatic carbocycles. The molecule has 0 aliphatic carbocycles. The molecule has 6 heteroatoms. The van der Waals surface area contributed by atoms with Gasteiger partial charge < -0.3 is 0 Å². The van der Waals surface area contributed by atoms with Crippen molar-refractivity contribution in [2.75, 3.05) is 0 Å². The van der Waals surface area contributed by atoms with Crippen LogP contribution in [0.15, 0.2) is 35.6 Å². The SMILES string of the molecule is Sc1cnn2ccc(-c3ccns3)nc12. The van der Waals surface area contributed by atoms with Crippen molar-refractivity contribution in [2.24, 2.45) is 0 Å². The molecule has 0 aliphatic rings. The summed E-state index contributed by atoms with van der Waals surface area (Å²) in [6.45, 7) is 0. The van der Waals surface area contributed by atoms with Crippen LogP contribution in [0.2, 0.25) is 0 Å². The fourth-order valence-corrected chi connectivity index (χ4v) is 2.11. The summed E-state index contributed by atoms with van der Waals surface area (Å²) >= 11 is 5.71. The molecule has 15 heavy (non-hydrogen) atoms. The van der Waals surface area contributed by atoms with Gasteiger partial charge in [0.15, 0.2) is 5.65 Å². The van der Waals surface area contributed by atoms with Crippen molar-refractivity contribution >= 4 is 29.8 Å². The van der Waals surface area contributed by atoms with Crippen LogP contribution < -0.4 is 0 Å². The molecule has 3 aromatic heterocycles. The molecule has 0 atom stereocenters. The first-order valence-electron chi connectivity index (χ1n) is 4.29. The Balaban J connectivity index is 2.25. The summed E-state index contributed by atoms with van der Waals surface area (Å²) in [6, 6.07) is 3.86. The number of hydrogen-bond donors (Lipinski definition) is 1. The number of fused-ring (bicyclic) bond motifs is 1. The Bertz CT molecular complexity index is 600. The zero-order valence-electron chi connectivity index (χ0n) is 7.53. The molecule has 0 saturated carbocycles. The lowest BCUT2D eigenvalue weighted by Crippen LogP contribution is -1.90. The van der Waals surface area contributed by atoms with Crippen LogP contribution in [0.1, 0.15) is 0 Å². The molecule has 0 radical (unpaired) electrons. The molecule has 0 aliphatic heterocycles. The average Bonchev–Trinajstić information content (AvgIpc) is 2.88. The average molecular weight is 234 g/mol. The standard InChI is InChI=1S/C9H6N4S2/c14-7-5-10-13-4-2-6(12-9(7)13)8-1-3-11-15-8/h1-5,14H. The summed E-state index contributed by atoms with van der Waals surface area (Å²) in [6.07, 6.45) is 5.32. The van der Waals surface area contributed by atoms with Crippen LogP contribution in [0.25, 0.3) is 16.2 Å². The van der Waals surface area contributed by atoms with Crippen LogP contribution in [-0.4, -0.2) is 19.0 Å². The van der Waals surface area contributed by atoms with Crippen molar-refractivity contribution in [3.05, 3.63) is 30.7 Å². The lowest BCUT2D eigenvalue weighted by molar-refractivity contribution is 0.941. The molecule has 4 nitrogen and oxygen atoms in total. The molecule has 0 unspecified atom stereocenters. The van der Waals surface area contributed by atoms with Crippen molar-refractivity contribution in [3.8, 4) is 10.6 Å². The van der Waals surface area contributed by atoms with Gasteiger partial charge in [0.2, 0.25) is 0 Å². The lowest BCUT2D eigenvalue weighted by Gasteiger charge is -1.97. The normalized spacial score (nSPS) is 11.0. The van der Waals surface area contributed by atoms with Crippen LogP contribution in [0.5, 0.6) is 0 Å². The first-order valence-corrected chi connectivity index (χ1v) is 5.51. The highest BCUT2D eigenvalue weighted by Crippen LogP contribution is 2.22. The van der Waals surface area contributed by atoms with Gasteiger partial charge in [0.05, 0.1) is 21.7 Å². The lowest BCUT2D eigenvalue weighted by atomic mass is 10.3. The van der Waals surface area contributed by atoms with E-state index in [9.17, 15) is 0 Å². The van der Waals surface area contributed by atoms with Gasteiger partial charge >= 0.3 is 0 Å². The van der Waals surface area contributed by atoms with Gasteiger partial charge in [-0.3, -0.25) is 0 Å². The van der Waals surface area contributed by atoms with Gasteiger partial charge in [-0.25, -0.2) is 13.9 Å². The molecule has 3 heterocycles. The summed E-state index contributed by atoms with van der Waals surface area (Å²) < 4.78 is 5.75. The van der Waals surface area contributed by atoms with E-state index in [1.165, 1.54) is 11.5 Å². The first kappa shape index (κ1) is 8.87. The van der Waals surface area contributed by atoms with Crippen molar-refractivity contribution in [1.82, 2.24) is 19.0 Å². The van der Waals surface area contributed by atoms with Crippen LogP contribution in [0.4, 0.5) is 0 Å². The third kappa shape index (κ3) is 1.42.